The Morgan fingerprint density at radius 1 is 1.21 bits per heavy atom. The van der Waals surface area contributed by atoms with Crippen molar-refractivity contribution in [3.05, 3.63) is 46.6 Å². The van der Waals surface area contributed by atoms with Gasteiger partial charge in [0.2, 0.25) is 5.91 Å². The fourth-order valence-corrected chi connectivity index (χ4v) is 2.35. The van der Waals surface area contributed by atoms with Crippen LogP contribution in [-0.4, -0.2) is 17.4 Å². The Hall–Kier alpha value is -1.78. The van der Waals surface area contributed by atoms with E-state index >= 15 is 0 Å². The lowest BCUT2D eigenvalue weighted by atomic mass is 10.2. The second-order valence-corrected chi connectivity index (χ2v) is 5.01. The van der Waals surface area contributed by atoms with E-state index in [2.05, 4.69) is 10.3 Å². The van der Waals surface area contributed by atoms with Gasteiger partial charge in [-0.05, 0) is 24.3 Å². The fourth-order valence-electron chi connectivity index (χ4n) is 2.00. The van der Waals surface area contributed by atoms with E-state index in [0.717, 1.165) is 5.69 Å². The van der Waals surface area contributed by atoms with Crippen LogP contribution in [0.3, 0.4) is 0 Å². The van der Waals surface area contributed by atoms with Gasteiger partial charge in [0.1, 0.15) is 6.54 Å². The standard InChI is InChI=1S/C13H9Cl2N3O/c14-8-2-1-3-10(4-8)18-7-12(19)17-11-5-9(15)6-16-13(11)18/h1-6H,7H2,(H,17,19). The van der Waals surface area contributed by atoms with Crippen molar-refractivity contribution in [1.82, 2.24) is 4.98 Å². The molecule has 1 aliphatic rings. The molecule has 0 saturated heterocycles. The van der Waals surface area contributed by atoms with Gasteiger partial charge in [-0.15, -0.1) is 0 Å². The van der Waals surface area contributed by atoms with Crippen LogP contribution < -0.4 is 10.2 Å². The van der Waals surface area contributed by atoms with Crippen LogP contribution in [0.1, 0.15) is 0 Å². The average Bonchev–Trinajstić information content (AvgIpc) is 2.37. The number of anilines is 3. The van der Waals surface area contributed by atoms with E-state index in [4.69, 9.17) is 23.2 Å². The van der Waals surface area contributed by atoms with Gasteiger partial charge in [0, 0.05) is 16.9 Å². The lowest BCUT2D eigenvalue weighted by molar-refractivity contribution is -0.115. The number of nitrogens with zero attached hydrogens (tertiary/aromatic N) is 2. The first-order valence-electron chi connectivity index (χ1n) is 5.62. The Morgan fingerprint density at radius 3 is 2.84 bits per heavy atom. The number of rotatable bonds is 1. The number of benzene rings is 1. The molecule has 1 N–H and O–H groups in total. The first-order chi connectivity index (χ1) is 9.13. The summed E-state index contributed by atoms with van der Waals surface area (Å²) in [5, 5.41) is 3.84. The van der Waals surface area contributed by atoms with Crippen LogP contribution in [-0.2, 0) is 4.79 Å². The molecule has 19 heavy (non-hydrogen) atoms. The number of nitrogens with one attached hydrogen (secondary N) is 1. The molecule has 1 aromatic heterocycles. The number of carbonyl (C=O) groups is 1. The zero-order valence-electron chi connectivity index (χ0n) is 9.73. The van der Waals surface area contributed by atoms with Crippen molar-refractivity contribution in [2.24, 2.45) is 0 Å². The second kappa shape index (κ2) is 4.72. The van der Waals surface area contributed by atoms with Crippen LogP contribution in [0.2, 0.25) is 10.0 Å². The van der Waals surface area contributed by atoms with Gasteiger partial charge in [0.05, 0.1) is 10.7 Å². The number of carbonyl (C=O) groups excluding carboxylic acids is 1. The molecule has 4 nitrogen and oxygen atoms in total. The summed E-state index contributed by atoms with van der Waals surface area (Å²) >= 11 is 11.9. The molecule has 1 aliphatic heterocycles. The molecule has 0 aliphatic carbocycles. The maximum absolute atomic E-state index is 11.7. The maximum Gasteiger partial charge on any atom is 0.244 e. The maximum atomic E-state index is 11.7. The molecule has 2 heterocycles. The summed E-state index contributed by atoms with van der Waals surface area (Å²) < 4.78 is 0. The topological polar surface area (TPSA) is 45.2 Å². The van der Waals surface area contributed by atoms with E-state index in [0.29, 0.717) is 21.6 Å². The minimum Gasteiger partial charge on any atom is -0.321 e. The summed E-state index contributed by atoms with van der Waals surface area (Å²) in [6, 6.07) is 8.97. The number of amides is 1. The Bertz CT molecular complexity index is 660. The number of aromatic nitrogens is 1. The van der Waals surface area contributed by atoms with Crippen molar-refractivity contribution in [3.8, 4) is 0 Å². The summed E-state index contributed by atoms with van der Waals surface area (Å²) in [5.41, 5.74) is 1.42. The summed E-state index contributed by atoms with van der Waals surface area (Å²) in [6.45, 7) is 0.196. The third kappa shape index (κ3) is 2.37. The molecular weight excluding hydrogens is 285 g/mol. The molecule has 0 bridgehead atoms. The summed E-state index contributed by atoms with van der Waals surface area (Å²) in [7, 11) is 0. The molecule has 0 fully saturated rings. The lowest BCUT2D eigenvalue weighted by Gasteiger charge is -2.29. The van der Waals surface area contributed by atoms with Gasteiger partial charge < -0.3 is 10.2 Å². The molecule has 0 unspecified atom stereocenters. The summed E-state index contributed by atoms with van der Waals surface area (Å²) in [4.78, 5) is 17.8. The van der Waals surface area contributed by atoms with Crippen LogP contribution in [0, 0.1) is 0 Å². The molecule has 0 spiro atoms. The van der Waals surface area contributed by atoms with E-state index < -0.39 is 0 Å². The van der Waals surface area contributed by atoms with Crippen molar-refractivity contribution < 1.29 is 4.79 Å². The Kier molecular flexibility index (Phi) is 3.05. The molecule has 1 aromatic carbocycles. The molecule has 0 radical (unpaired) electrons. The minimum absolute atomic E-state index is 0.114. The molecule has 3 rings (SSSR count). The SMILES string of the molecule is O=C1CN(c2cccc(Cl)c2)c2ncc(Cl)cc2N1. The molecule has 2 aromatic rings. The summed E-state index contributed by atoms with van der Waals surface area (Å²) in [6.07, 6.45) is 1.55. The van der Waals surface area contributed by atoms with Crippen LogP contribution in [0.4, 0.5) is 17.2 Å². The van der Waals surface area contributed by atoms with Crippen molar-refractivity contribution in [3.63, 3.8) is 0 Å². The smallest absolute Gasteiger partial charge is 0.244 e. The van der Waals surface area contributed by atoms with Crippen molar-refractivity contribution in [2.45, 2.75) is 0 Å². The van der Waals surface area contributed by atoms with Crippen LogP contribution in [0.15, 0.2) is 36.5 Å². The predicted molar refractivity (Wildman–Crippen MR) is 76.3 cm³/mol. The van der Waals surface area contributed by atoms with Crippen LogP contribution >= 0.6 is 23.2 Å². The van der Waals surface area contributed by atoms with Gasteiger partial charge in [-0.1, -0.05) is 29.3 Å². The van der Waals surface area contributed by atoms with Gasteiger partial charge in [0.15, 0.2) is 5.82 Å². The van der Waals surface area contributed by atoms with Gasteiger partial charge in [-0.3, -0.25) is 4.79 Å². The first-order valence-corrected chi connectivity index (χ1v) is 6.37. The number of hydrogen-bond donors (Lipinski definition) is 1. The van der Waals surface area contributed by atoms with Gasteiger partial charge in [-0.25, -0.2) is 4.98 Å². The van der Waals surface area contributed by atoms with Crippen LogP contribution in [0.5, 0.6) is 0 Å². The highest BCUT2D eigenvalue weighted by molar-refractivity contribution is 6.31. The fraction of sp³-hybridized carbons (Fsp3) is 0.0769. The zero-order valence-corrected chi connectivity index (χ0v) is 11.2. The van der Waals surface area contributed by atoms with Crippen molar-refractivity contribution in [1.29, 1.82) is 0 Å². The first kappa shape index (κ1) is 12.3. The van der Waals surface area contributed by atoms with E-state index in [1.165, 1.54) is 0 Å². The number of fused-ring (bicyclic) bond motifs is 1. The largest absolute Gasteiger partial charge is 0.321 e. The number of hydrogen-bond acceptors (Lipinski definition) is 3. The van der Waals surface area contributed by atoms with E-state index in [1.54, 1.807) is 29.3 Å². The molecule has 1 amide bonds. The highest BCUT2D eigenvalue weighted by Gasteiger charge is 2.24. The molecule has 6 heteroatoms. The Morgan fingerprint density at radius 2 is 2.05 bits per heavy atom. The Labute approximate surface area is 120 Å². The van der Waals surface area contributed by atoms with Gasteiger partial charge in [-0.2, -0.15) is 0 Å². The van der Waals surface area contributed by atoms with E-state index in [-0.39, 0.29) is 12.5 Å². The number of pyridine rings is 1. The molecule has 0 atom stereocenters. The highest BCUT2D eigenvalue weighted by atomic mass is 35.5. The zero-order chi connectivity index (χ0) is 13.4. The Balaban J connectivity index is 2.11. The van der Waals surface area contributed by atoms with Crippen molar-refractivity contribution in [2.75, 3.05) is 16.8 Å². The summed E-state index contributed by atoms with van der Waals surface area (Å²) in [5.74, 6) is 0.544. The van der Waals surface area contributed by atoms with Crippen molar-refractivity contribution >= 4 is 46.3 Å². The number of halogens is 2. The third-order valence-electron chi connectivity index (χ3n) is 2.78. The lowest BCUT2D eigenvalue weighted by Crippen LogP contribution is -2.35. The highest BCUT2D eigenvalue weighted by Crippen LogP contribution is 2.35. The molecular formula is C13H9Cl2N3O. The second-order valence-electron chi connectivity index (χ2n) is 4.14. The average molecular weight is 294 g/mol. The monoisotopic (exact) mass is 293 g/mol. The van der Waals surface area contributed by atoms with E-state index in [9.17, 15) is 4.79 Å². The normalized spacial score (nSPS) is 14.0. The molecule has 0 saturated carbocycles. The van der Waals surface area contributed by atoms with Crippen LogP contribution in [0.25, 0.3) is 0 Å². The predicted octanol–water partition coefficient (Wildman–Crippen LogP) is 3.48. The third-order valence-corrected chi connectivity index (χ3v) is 3.23. The quantitative estimate of drug-likeness (QED) is 0.875. The van der Waals surface area contributed by atoms with Gasteiger partial charge in [0.25, 0.3) is 0 Å². The molecule has 96 valence electrons. The van der Waals surface area contributed by atoms with E-state index in [1.807, 2.05) is 12.1 Å². The minimum atomic E-state index is -0.114. The van der Waals surface area contributed by atoms with Gasteiger partial charge >= 0.3 is 0 Å².